The van der Waals surface area contributed by atoms with E-state index in [2.05, 4.69) is 24.3 Å². The fraction of sp³-hybridized carbons (Fsp3) is 0.706. The van der Waals surface area contributed by atoms with Crippen molar-refractivity contribution in [3.05, 3.63) is 11.8 Å². The lowest BCUT2D eigenvalue weighted by atomic mass is 9.63. The summed E-state index contributed by atoms with van der Waals surface area (Å²) in [5.41, 5.74) is -0.175. The average Bonchev–Trinajstić information content (AvgIpc) is 2.93. The third-order valence-electron chi connectivity index (χ3n) is 4.66. The van der Waals surface area contributed by atoms with Gasteiger partial charge >= 0.3 is 11.8 Å². The highest BCUT2D eigenvalue weighted by Gasteiger charge is 2.53. The topological polar surface area (TPSA) is 84.7 Å². The number of hydrogen-bond acceptors (Lipinski definition) is 5. The maximum absolute atomic E-state index is 12.6. The van der Waals surface area contributed by atoms with E-state index in [1.807, 2.05) is 13.8 Å². The van der Waals surface area contributed by atoms with E-state index in [-0.39, 0.29) is 23.4 Å². The highest BCUT2D eigenvalue weighted by Crippen LogP contribution is 2.46. The van der Waals surface area contributed by atoms with Gasteiger partial charge in [-0.1, -0.05) is 25.9 Å². The van der Waals surface area contributed by atoms with E-state index in [4.69, 9.17) is 9.26 Å². The third-order valence-corrected chi connectivity index (χ3v) is 4.66. The number of aryl methyl sites for hydroxylation is 1. The molecule has 134 valence electrons. The molecule has 1 aromatic heterocycles. The van der Waals surface area contributed by atoms with Gasteiger partial charge in [0, 0.05) is 30.7 Å². The van der Waals surface area contributed by atoms with Crippen LogP contribution in [0.1, 0.15) is 46.3 Å². The smallest absolute Gasteiger partial charge is 0.315 e. The van der Waals surface area contributed by atoms with E-state index >= 15 is 0 Å². The van der Waals surface area contributed by atoms with Gasteiger partial charge in [0.1, 0.15) is 5.76 Å². The van der Waals surface area contributed by atoms with Gasteiger partial charge in [0.15, 0.2) is 5.82 Å². The summed E-state index contributed by atoms with van der Waals surface area (Å²) in [6.07, 6.45) is 1.65. The molecule has 0 spiro atoms. The Kier molecular flexibility index (Phi) is 5.64. The monoisotopic (exact) mass is 337 g/mol. The molecule has 2 rings (SSSR count). The van der Waals surface area contributed by atoms with Gasteiger partial charge in [-0.15, -0.1) is 0 Å². The molecular formula is C17H27N3O4. The van der Waals surface area contributed by atoms with E-state index in [0.717, 1.165) is 12.8 Å². The zero-order valence-corrected chi connectivity index (χ0v) is 15.1. The molecule has 7 nitrogen and oxygen atoms in total. The van der Waals surface area contributed by atoms with E-state index in [9.17, 15) is 9.59 Å². The molecule has 24 heavy (non-hydrogen) atoms. The predicted octanol–water partition coefficient (Wildman–Crippen LogP) is 2.36. The Hall–Kier alpha value is -1.89. The van der Waals surface area contributed by atoms with E-state index < -0.39 is 11.8 Å². The molecule has 1 aliphatic carbocycles. The normalized spacial score (nSPS) is 21.9. The van der Waals surface area contributed by atoms with Gasteiger partial charge in [-0.05, 0) is 26.7 Å². The van der Waals surface area contributed by atoms with Crippen LogP contribution in [-0.2, 0) is 14.3 Å². The number of carbonyl (C=O) groups excluding carboxylic acids is 2. The molecule has 1 N–H and O–H groups in total. The highest BCUT2D eigenvalue weighted by molar-refractivity contribution is 6.39. The van der Waals surface area contributed by atoms with E-state index in [0.29, 0.717) is 18.9 Å². The fourth-order valence-electron chi connectivity index (χ4n) is 3.24. The summed E-state index contributed by atoms with van der Waals surface area (Å²) >= 11 is 0. The summed E-state index contributed by atoms with van der Waals surface area (Å²) in [5.74, 6) is -0.400. The Bertz CT molecular complexity index is 596. The van der Waals surface area contributed by atoms with Crippen molar-refractivity contribution in [1.29, 1.82) is 0 Å². The second-order valence-corrected chi connectivity index (χ2v) is 6.79. The zero-order valence-electron chi connectivity index (χ0n) is 15.1. The minimum absolute atomic E-state index is 0.00806. The van der Waals surface area contributed by atoms with Crippen LogP contribution >= 0.6 is 0 Å². The number of aromatic nitrogens is 1. The molecule has 0 radical (unpaired) electrons. The number of anilines is 1. The number of ether oxygens (including phenoxy) is 1. The molecule has 1 aliphatic rings. The molecule has 1 heterocycles. The van der Waals surface area contributed by atoms with Crippen molar-refractivity contribution in [1.82, 2.24) is 10.1 Å². The summed E-state index contributed by atoms with van der Waals surface area (Å²) in [5, 5.41) is 6.19. The van der Waals surface area contributed by atoms with Gasteiger partial charge in [-0.3, -0.25) is 14.9 Å². The van der Waals surface area contributed by atoms with Crippen molar-refractivity contribution in [3.8, 4) is 0 Å². The van der Waals surface area contributed by atoms with Gasteiger partial charge in [-0.2, -0.15) is 0 Å². The van der Waals surface area contributed by atoms with Gasteiger partial charge in [-0.25, -0.2) is 0 Å². The number of rotatable bonds is 6. The van der Waals surface area contributed by atoms with Crippen LogP contribution < -0.4 is 5.32 Å². The van der Waals surface area contributed by atoms with Crippen LogP contribution in [0.5, 0.6) is 0 Å². The first kappa shape index (κ1) is 18.4. The van der Waals surface area contributed by atoms with E-state index in [1.54, 1.807) is 17.9 Å². The first-order valence-electron chi connectivity index (χ1n) is 8.48. The van der Waals surface area contributed by atoms with Crippen molar-refractivity contribution < 1.29 is 18.8 Å². The van der Waals surface area contributed by atoms with Gasteiger partial charge in [0.2, 0.25) is 0 Å². The molecular weight excluding hydrogens is 310 g/mol. The second kappa shape index (κ2) is 7.34. The Balaban J connectivity index is 2.06. The summed E-state index contributed by atoms with van der Waals surface area (Å²) in [6, 6.07) is 1.57. The number of hydrogen-bond donors (Lipinski definition) is 1. The SMILES string of the molecule is CCCN(C(=O)C(=O)Nc1cc(C)on1)[C@H]1C[C@H](OCC)C1(C)C. The van der Waals surface area contributed by atoms with Crippen LogP contribution in [0.3, 0.4) is 0 Å². The van der Waals surface area contributed by atoms with Crippen molar-refractivity contribution >= 4 is 17.6 Å². The molecule has 0 bridgehead atoms. The van der Waals surface area contributed by atoms with Crippen LogP contribution in [0.4, 0.5) is 5.82 Å². The summed E-state index contributed by atoms with van der Waals surface area (Å²) in [4.78, 5) is 26.6. The van der Waals surface area contributed by atoms with E-state index in [1.165, 1.54) is 0 Å². The molecule has 0 saturated heterocycles. The van der Waals surface area contributed by atoms with Gasteiger partial charge < -0.3 is 14.2 Å². The molecule has 7 heteroatoms. The van der Waals surface area contributed by atoms with Gasteiger partial charge in [0.25, 0.3) is 0 Å². The molecule has 1 aromatic rings. The molecule has 1 saturated carbocycles. The quantitative estimate of drug-likeness (QED) is 0.806. The van der Waals surface area contributed by atoms with Crippen molar-refractivity contribution in [2.24, 2.45) is 5.41 Å². The van der Waals surface area contributed by atoms with Crippen molar-refractivity contribution in [2.45, 2.75) is 59.6 Å². The van der Waals surface area contributed by atoms with Crippen molar-refractivity contribution in [3.63, 3.8) is 0 Å². The standard InChI is InChI=1S/C17H27N3O4/c1-6-8-20(12-10-13(23-7-2)17(12,4)5)16(22)15(21)18-14-9-11(3)24-19-14/h9,12-13H,6-8,10H2,1-5H3,(H,18,19,21)/t12-,13-/m0/s1. The van der Waals surface area contributed by atoms with Crippen LogP contribution in [0.25, 0.3) is 0 Å². The Morgan fingerprint density at radius 2 is 2.17 bits per heavy atom. The molecule has 0 aliphatic heterocycles. The first-order valence-corrected chi connectivity index (χ1v) is 8.48. The molecule has 2 amide bonds. The Labute approximate surface area is 142 Å². The Morgan fingerprint density at radius 3 is 2.67 bits per heavy atom. The molecule has 0 aromatic carbocycles. The summed E-state index contributed by atoms with van der Waals surface area (Å²) in [7, 11) is 0. The number of amides is 2. The average molecular weight is 337 g/mol. The third kappa shape index (κ3) is 3.61. The maximum Gasteiger partial charge on any atom is 0.315 e. The first-order chi connectivity index (χ1) is 11.3. The van der Waals surface area contributed by atoms with Gasteiger partial charge in [0.05, 0.1) is 6.10 Å². The molecule has 0 unspecified atom stereocenters. The van der Waals surface area contributed by atoms with Crippen LogP contribution in [-0.4, -0.2) is 47.2 Å². The molecule has 1 fully saturated rings. The zero-order chi connectivity index (χ0) is 17.9. The largest absolute Gasteiger partial charge is 0.378 e. The summed E-state index contributed by atoms with van der Waals surface area (Å²) < 4.78 is 10.6. The van der Waals surface area contributed by atoms with Crippen LogP contribution in [0, 0.1) is 12.3 Å². The molecule has 2 atom stereocenters. The summed E-state index contributed by atoms with van der Waals surface area (Å²) in [6.45, 7) is 11.0. The highest BCUT2D eigenvalue weighted by atomic mass is 16.5. The lowest BCUT2D eigenvalue weighted by molar-refractivity contribution is -0.169. The minimum atomic E-state index is -0.688. The predicted molar refractivity (Wildman–Crippen MR) is 89.5 cm³/mol. The fourth-order valence-corrected chi connectivity index (χ4v) is 3.24. The number of carbonyl (C=O) groups is 2. The second-order valence-electron chi connectivity index (χ2n) is 6.79. The van der Waals surface area contributed by atoms with Crippen LogP contribution in [0.15, 0.2) is 10.6 Å². The van der Waals surface area contributed by atoms with Crippen LogP contribution in [0.2, 0.25) is 0 Å². The minimum Gasteiger partial charge on any atom is -0.378 e. The lowest BCUT2D eigenvalue weighted by Crippen LogP contribution is -2.64. The maximum atomic E-state index is 12.6. The lowest BCUT2D eigenvalue weighted by Gasteiger charge is -2.55. The van der Waals surface area contributed by atoms with Crippen molar-refractivity contribution in [2.75, 3.05) is 18.5 Å². The number of nitrogens with one attached hydrogen (secondary N) is 1. The Morgan fingerprint density at radius 1 is 1.46 bits per heavy atom. The number of nitrogens with zero attached hydrogens (tertiary/aromatic N) is 2.